The lowest BCUT2D eigenvalue weighted by Gasteiger charge is -2.08. The van der Waals surface area contributed by atoms with Gasteiger partial charge in [-0.15, -0.1) is 0 Å². The van der Waals surface area contributed by atoms with Crippen LogP contribution in [0.25, 0.3) is 16.9 Å². The van der Waals surface area contributed by atoms with E-state index in [1.807, 2.05) is 31.2 Å². The molecule has 20 heavy (non-hydrogen) atoms. The third-order valence-electron chi connectivity index (χ3n) is 3.52. The van der Waals surface area contributed by atoms with Crippen LogP contribution in [0.15, 0.2) is 40.2 Å². The summed E-state index contributed by atoms with van der Waals surface area (Å²) in [5, 5.41) is 0. The van der Waals surface area contributed by atoms with Gasteiger partial charge in [0.15, 0.2) is 11.2 Å². The van der Waals surface area contributed by atoms with Gasteiger partial charge >= 0.3 is 5.69 Å². The van der Waals surface area contributed by atoms with Gasteiger partial charge < -0.3 is 0 Å². The Bertz CT molecular complexity index is 930. The van der Waals surface area contributed by atoms with Crippen LogP contribution >= 0.6 is 0 Å². The maximum Gasteiger partial charge on any atom is 0.332 e. The lowest BCUT2D eigenvalue weighted by atomic mass is 10.2. The van der Waals surface area contributed by atoms with E-state index in [9.17, 15) is 9.59 Å². The van der Waals surface area contributed by atoms with Gasteiger partial charge in [-0.2, -0.15) is 0 Å². The van der Waals surface area contributed by atoms with Crippen molar-refractivity contribution in [2.75, 3.05) is 0 Å². The highest BCUT2D eigenvalue weighted by molar-refractivity contribution is 5.73. The van der Waals surface area contributed by atoms with Crippen molar-refractivity contribution in [3.63, 3.8) is 0 Å². The van der Waals surface area contributed by atoms with E-state index in [4.69, 9.17) is 0 Å². The highest BCUT2D eigenvalue weighted by Crippen LogP contribution is 2.17. The lowest BCUT2D eigenvalue weighted by Crippen LogP contribution is -2.37. The first-order valence-electron chi connectivity index (χ1n) is 6.21. The third kappa shape index (κ3) is 1.54. The maximum absolute atomic E-state index is 12.4. The molecule has 0 radical (unpaired) electrons. The van der Waals surface area contributed by atoms with Gasteiger partial charge in [-0.05, 0) is 18.6 Å². The molecule has 2 heterocycles. The van der Waals surface area contributed by atoms with Crippen LogP contribution in [0.3, 0.4) is 0 Å². The molecule has 0 aliphatic rings. The molecule has 0 saturated carbocycles. The second-order valence-corrected chi connectivity index (χ2v) is 4.78. The monoisotopic (exact) mass is 270 g/mol. The summed E-state index contributed by atoms with van der Waals surface area (Å²) in [5.74, 6) is 0. The second kappa shape index (κ2) is 4.19. The van der Waals surface area contributed by atoms with Gasteiger partial charge in [0.1, 0.15) is 6.33 Å². The molecule has 0 unspecified atom stereocenters. The minimum Gasteiger partial charge on any atom is -0.292 e. The Morgan fingerprint density at radius 1 is 1.05 bits per heavy atom. The minimum absolute atomic E-state index is 0.344. The normalized spacial score (nSPS) is 11.2. The van der Waals surface area contributed by atoms with Crippen molar-refractivity contribution < 1.29 is 0 Å². The van der Waals surface area contributed by atoms with Crippen molar-refractivity contribution in [3.8, 4) is 5.69 Å². The van der Waals surface area contributed by atoms with Crippen LogP contribution in [0.4, 0.5) is 0 Å². The fraction of sp³-hybridized carbons (Fsp3) is 0.214. The zero-order valence-corrected chi connectivity index (χ0v) is 11.5. The standard InChI is InChI=1S/C14H14N4O2/c1-9-6-4-5-7-10(9)18-8-15-12-11(18)13(19)17(3)14(20)16(12)2/h4-8H,1-3H3. The molecule has 0 aliphatic carbocycles. The summed E-state index contributed by atoms with van der Waals surface area (Å²) < 4.78 is 4.21. The van der Waals surface area contributed by atoms with Crippen molar-refractivity contribution in [1.82, 2.24) is 18.7 Å². The zero-order chi connectivity index (χ0) is 14.4. The molecular formula is C14H14N4O2. The van der Waals surface area contributed by atoms with Gasteiger partial charge in [0.25, 0.3) is 5.56 Å². The molecule has 0 fully saturated rings. The first-order valence-corrected chi connectivity index (χ1v) is 6.21. The van der Waals surface area contributed by atoms with E-state index in [0.717, 1.165) is 15.8 Å². The number of imidazole rings is 1. The Labute approximate surface area is 114 Å². The number of nitrogens with zero attached hydrogens (tertiary/aromatic N) is 4. The molecule has 0 atom stereocenters. The highest BCUT2D eigenvalue weighted by atomic mass is 16.2. The number of fused-ring (bicyclic) bond motifs is 1. The van der Waals surface area contributed by atoms with E-state index < -0.39 is 0 Å². The summed E-state index contributed by atoms with van der Waals surface area (Å²) in [4.78, 5) is 28.5. The average molecular weight is 270 g/mol. The molecule has 2 aromatic heterocycles. The Balaban J connectivity index is 2.50. The number of benzene rings is 1. The first kappa shape index (κ1) is 12.4. The Kier molecular flexibility index (Phi) is 2.60. The van der Waals surface area contributed by atoms with Crippen LogP contribution < -0.4 is 11.2 Å². The van der Waals surface area contributed by atoms with Crippen LogP contribution in [0.5, 0.6) is 0 Å². The van der Waals surface area contributed by atoms with Gasteiger partial charge in [0.2, 0.25) is 0 Å². The Hall–Kier alpha value is -2.63. The second-order valence-electron chi connectivity index (χ2n) is 4.78. The Morgan fingerprint density at radius 2 is 1.75 bits per heavy atom. The van der Waals surface area contributed by atoms with E-state index in [1.54, 1.807) is 17.9 Å². The van der Waals surface area contributed by atoms with Crippen molar-refractivity contribution in [2.45, 2.75) is 6.92 Å². The molecule has 0 amide bonds. The molecule has 1 aromatic carbocycles. The topological polar surface area (TPSA) is 61.8 Å². The predicted molar refractivity (Wildman–Crippen MR) is 76.3 cm³/mol. The number of hydrogen-bond acceptors (Lipinski definition) is 3. The third-order valence-corrected chi connectivity index (χ3v) is 3.52. The van der Waals surface area contributed by atoms with Crippen LogP contribution in [0.1, 0.15) is 5.56 Å². The number of para-hydroxylation sites is 1. The van der Waals surface area contributed by atoms with Crippen molar-refractivity contribution in [2.24, 2.45) is 14.1 Å². The van der Waals surface area contributed by atoms with Crippen LogP contribution in [-0.4, -0.2) is 18.7 Å². The van der Waals surface area contributed by atoms with Crippen molar-refractivity contribution in [1.29, 1.82) is 0 Å². The summed E-state index contributed by atoms with van der Waals surface area (Å²) in [7, 11) is 3.08. The summed E-state index contributed by atoms with van der Waals surface area (Å²) in [6, 6.07) is 7.72. The van der Waals surface area contributed by atoms with E-state index in [1.165, 1.54) is 11.6 Å². The molecule has 6 heteroatoms. The van der Waals surface area contributed by atoms with Crippen molar-refractivity contribution >= 4 is 11.2 Å². The Morgan fingerprint density at radius 3 is 2.45 bits per heavy atom. The highest BCUT2D eigenvalue weighted by Gasteiger charge is 2.15. The van der Waals surface area contributed by atoms with Gasteiger partial charge in [-0.25, -0.2) is 9.78 Å². The SMILES string of the molecule is Cc1ccccc1-n1cnc2c1c(=O)n(C)c(=O)n2C. The summed E-state index contributed by atoms with van der Waals surface area (Å²) in [6.07, 6.45) is 1.58. The van der Waals surface area contributed by atoms with Gasteiger partial charge in [-0.3, -0.25) is 18.5 Å². The van der Waals surface area contributed by atoms with Crippen LogP contribution in [0.2, 0.25) is 0 Å². The van der Waals surface area contributed by atoms with E-state index in [2.05, 4.69) is 4.98 Å². The summed E-state index contributed by atoms with van der Waals surface area (Å²) in [5.41, 5.74) is 1.99. The fourth-order valence-corrected chi connectivity index (χ4v) is 2.36. The smallest absolute Gasteiger partial charge is 0.292 e. The summed E-state index contributed by atoms with van der Waals surface area (Å²) >= 11 is 0. The maximum atomic E-state index is 12.4. The molecule has 6 nitrogen and oxygen atoms in total. The minimum atomic E-state index is -0.377. The molecule has 0 saturated heterocycles. The van der Waals surface area contributed by atoms with Crippen LogP contribution in [-0.2, 0) is 14.1 Å². The number of aryl methyl sites for hydroxylation is 2. The molecule has 0 bridgehead atoms. The summed E-state index contributed by atoms with van der Waals surface area (Å²) in [6.45, 7) is 1.97. The van der Waals surface area contributed by atoms with Crippen molar-refractivity contribution in [3.05, 3.63) is 57.0 Å². The molecule has 3 aromatic rings. The molecule has 0 aliphatic heterocycles. The van der Waals surface area contributed by atoms with Gasteiger partial charge in [0, 0.05) is 14.1 Å². The van der Waals surface area contributed by atoms with E-state index >= 15 is 0 Å². The molecular weight excluding hydrogens is 256 g/mol. The largest absolute Gasteiger partial charge is 0.332 e. The number of rotatable bonds is 1. The fourth-order valence-electron chi connectivity index (χ4n) is 2.36. The molecule has 3 rings (SSSR count). The first-order chi connectivity index (χ1) is 9.52. The predicted octanol–water partition coefficient (Wildman–Crippen LogP) is 0.731. The molecule has 0 spiro atoms. The van der Waals surface area contributed by atoms with E-state index in [0.29, 0.717) is 11.2 Å². The number of hydrogen-bond donors (Lipinski definition) is 0. The average Bonchev–Trinajstić information content (AvgIpc) is 2.88. The van der Waals surface area contributed by atoms with Gasteiger partial charge in [0.05, 0.1) is 5.69 Å². The quantitative estimate of drug-likeness (QED) is 0.655. The lowest BCUT2D eigenvalue weighted by molar-refractivity contribution is 0.707. The zero-order valence-electron chi connectivity index (χ0n) is 11.5. The van der Waals surface area contributed by atoms with E-state index in [-0.39, 0.29) is 11.2 Å². The molecule has 0 N–H and O–H groups in total. The number of aromatic nitrogens is 4. The molecule has 102 valence electrons. The van der Waals surface area contributed by atoms with Gasteiger partial charge in [-0.1, -0.05) is 18.2 Å². The van der Waals surface area contributed by atoms with Crippen LogP contribution in [0, 0.1) is 6.92 Å².